The molecule has 0 atom stereocenters. The summed E-state index contributed by atoms with van der Waals surface area (Å²) in [7, 11) is 0. The van der Waals surface area contributed by atoms with E-state index in [0.29, 0.717) is 4.34 Å². The maximum atomic E-state index is 11.2. The Morgan fingerprint density at radius 1 is 1.55 bits per heavy atom. The number of hydrogen-bond acceptors (Lipinski definition) is 6. The third kappa shape index (κ3) is 3.09. The van der Waals surface area contributed by atoms with E-state index in [-0.39, 0.29) is 21.2 Å². The summed E-state index contributed by atoms with van der Waals surface area (Å²) in [6.07, 6.45) is 0. The van der Waals surface area contributed by atoms with Crippen LogP contribution >= 0.6 is 34.7 Å². The van der Waals surface area contributed by atoms with Gasteiger partial charge in [-0.05, 0) is 6.92 Å². The van der Waals surface area contributed by atoms with Crippen molar-refractivity contribution in [1.29, 1.82) is 0 Å². The Hall–Kier alpha value is -1.64. The van der Waals surface area contributed by atoms with Crippen molar-refractivity contribution >= 4 is 46.4 Å². The van der Waals surface area contributed by atoms with Gasteiger partial charge in [-0.2, -0.15) is 0 Å². The minimum Gasteiger partial charge on any atom is -0.478 e. The zero-order valence-electron chi connectivity index (χ0n) is 9.99. The molecule has 0 unspecified atom stereocenters. The monoisotopic (exact) mass is 330 g/mol. The molecule has 0 saturated carbocycles. The minimum absolute atomic E-state index is 0.0226. The Morgan fingerprint density at radius 3 is 2.75 bits per heavy atom. The first-order chi connectivity index (χ1) is 9.38. The number of nitrogens with zero attached hydrogens (tertiary/aromatic N) is 2. The first kappa shape index (κ1) is 14.8. The number of nitro benzene ring substituents is 1. The highest BCUT2D eigenvalue weighted by molar-refractivity contribution is 8.01. The lowest BCUT2D eigenvalue weighted by Gasteiger charge is -2.06. The normalized spacial score (nSPS) is 10.5. The van der Waals surface area contributed by atoms with Gasteiger partial charge in [-0.3, -0.25) is 10.1 Å². The van der Waals surface area contributed by atoms with E-state index in [1.54, 1.807) is 0 Å². The van der Waals surface area contributed by atoms with Crippen LogP contribution in [0.3, 0.4) is 0 Å². The number of aryl methyl sites for hydroxylation is 1. The van der Waals surface area contributed by atoms with E-state index in [9.17, 15) is 14.9 Å². The highest BCUT2D eigenvalue weighted by Gasteiger charge is 2.21. The van der Waals surface area contributed by atoms with Crippen molar-refractivity contribution in [3.63, 3.8) is 0 Å². The van der Waals surface area contributed by atoms with Gasteiger partial charge in [0.2, 0.25) is 0 Å². The Morgan fingerprint density at radius 2 is 2.25 bits per heavy atom. The number of hydrogen-bond donors (Lipinski definition) is 1. The van der Waals surface area contributed by atoms with Crippen LogP contribution in [0.4, 0.5) is 5.69 Å². The largest absolute Gasteiger partial charge is 0.478 e. The summed E-state index contributed by atoms with van der Waals surface area (Å²) in [5.74, 6) is -1.27. The molecule has 1 heterocycles. The second-order valence-electron chi connectivity index (χ2n) is 3.72. The molecular formula is C11H7ClN2O4S2. The number of carboxylic acid groups (broad SMARTS) is 1. The molecule has 2 rings (SSSR count). The maximum Gasteiger partial charge on any atom is 0.337 e. The molecule has 20 heavy (non-hydrogen) atoms. The molecule has 0 aliphatic rings. The van der Waals surface area contributed by atoms with Gasteiger partial charge in [-0.25, -0.2) is 9.78 Å². The predicted octanol–water partition coefficient (Wildman–Crippen LogP) is 3.86. The van der Waals surface area contributed by atoms with Crippen molar-refractivity contribution in [3.8, 4) is 0 Å². The Labute approximate surface area is 126 Å². The van der Waals surface area contributed by atoms with Gasteiger partial charge >= 0.3 is 5.97 Å². The van der Waals surface area contributed by atoms with Gasteiger partial charge in [-0.1, -0.05) is 23.4 Å². The lowest BCUT2D eigenvalue weighted by Crippen LogP contribution is -2.01. The second kappa shape index (κ2) is 5.78. The van der Waals surface area contributed by atoms with Crippen molar-refractivity contribution in [2.45, 2.75) is 16.2 Å². The number of thiazole rings is 1. The van der Waals surface area contributed by atoms with E-state index < -0.39 is 10.9 Å². The van der Waals surface area contributed by atoms with E-state index in [1.807, 2.05) is 12.3 Å². The Balaban J connectivity index is 2.51. The zero-order chi connectivity index (χ0) is 14.9. The highest BCUT2D eigenvalue weighted by Crippen LogP contribution is 2.39. The van der Waals surface area contributed by atoms with Gasteiger partial charge in [0.25, 0.3) is 5.69 Å². The Kier molecular flexibility index (Phi) is 4.26. The topological polar surface area (TPSA) is 93.3 Å². The fourth-order valence-electron chi connectivity index (χ4n) is 1.41. The van der Waals surface area contributed by atoms with E-state index in [4.69, 9.17) is 16.7 Å². The van der Waals surface area contributed by atoms with E-state index in [1.165, 1.54) is 11.3 Å². The smallest absolute Gasteiger partial charge is 0.337 e. The number of halogens is 1. The summed E-state index contributed by atoms with van der Waals surface area (Å²) in [6, 6.07) is 2.13. The van der Waals surface area contributed by atoms with Crippen LogP contribution in [0.2, 0.25) is 5.02 Å². The molecule has 0 amide bonds. The number of aromatic nitrogens is 1. The highest BCUT2D eigenvalue weighted by atomic mass is 35.5. The standard InChI is InChI=1S/C11H7ClN2O4S2/c1-5-4-19-11(13-5)20-9-7(10(15)16)2-6(14(17)18)3-8(9)12/h2-4H,1H3,(H,15,16). The molecule has 9 heteroatoms. The van der Waals surface area contributed by atoms with Crippen LogP contribution < -0.4 is 0 Å². The lowest BCUT2D eigenvalue weighted by atomic mass is 10.2. The van der Waals surface area contributed by atoms with E-state index in [0.717, 1.165) is 29.6 Å². The molecule has 2 aromatic rings. The molecular weight excluding hydrogens is 324 g/mol. The van der Waals surface area contributed by atoms with Gasteiger partial charge < -0.3 is 5.11 Å². The molecule has 1 aromatic carbocycles. The number of non-ortho nitro benzene ring substituents is 1. The summed E-state index contributed by atoms with van der Waals surface area (Å²) in [6.45, 7) is 1.82. The van der Waals surface area contributed by atoms with Crippen LogP contribution in [0.1, 0.15) is 16.1 Å². The van der Waals surface area contributed by atoms with Crippen LogP contribution in [0.25, 0.3) is 0 Å². The average molecular weight is 331 g/mol. The number of benzene rings is 1. The summed E-state index contributed by atoms with van der Waals surface area (Å²) in [5.41, 5.74) is 0.251. The van der Waals surface area contributed by atoms with Crippen molar-refractivity contribution in [1.82, 2.24) is 4.98 Å². The van der Waals surface area contributed by atoms with Crippen LogP contribution in [0.15, 0.2) is 26.7 Å². The van der Waals surface area contributed by atoms with E-state index >= 15 is 0 Å². The minimum atomic E-state index is -1.27. The first-order valence-electron chi connectivity index (χ1n) is 5.19. The number of aromatic carboxylic acids is 1. The molecule has 1 aromatic heterocycles. The molecule has 0 aliphatic heterocycles. The lowest BCUT2D eigenvalue weighted by molar-refractivity contribution is -0.384. The van der Waals surface area contributed by atoms with Crippen molar-refractivity contribution in [2.75, 3.05) is 0 Å². The SMILES string of the molecule is Cc1csc(Sc2c(Cl)cc([N+](=O)[O-])cc2C(=O)O)n1. The van der Waals surface area contributed by atoms with Gasteiger partial charge in [0.15, 0.2) is 4.34 Å². The van der Waals surface area contributed by atoms with Crippen LogP contribution in [-0.2, 0) is 0 Å². The second-order valence-corrected chi connectivity index (χ2v) is 6.25. The quantitative estimate of drug-likeness (QED) is 0.675. The molecule has 0 fully saturated rings. The molecule has 0 spiro atoms. The van der Waals surface area contributed by atoms with E-state index in [2.05, 4.69) is 4.98 Å². The van der Waals surface area contributed by atoms with Gasteiger partial charge in [-0.15, -0.1) is 11.3 Å². The van der Waals surface area contributed by atoms with Crippen LogP contribution in [-0.4, -0.2) is 21.0 Å². The molecule has 104 valence electrons. The summed E-state index contributed by atoms with van der Waals surface area (Å²) in [5, 5.41) is 21.7. The zero-order valence-corrected chi connectivity index (χ0v) is 12.4. The third-order valence-corrected chi connectivity index (χ3v) is 4.87. The van der Waals surface area contributed by atoms with Crippen LogP contribution in [0, 0.1) is 17.0 Å². The molecule has 0 saturated heterocycles. The number of nitro groups is 1. The number of carbonyl (C=O) groups is 1. The maximum absolute atomic E-state index is 11.2. The third-order valence-electron chi connectivity index (χ3n) is 2.26. The average Bonchev–Trinajstić information content (AvgIpc) is 2.76. The number of rotatable bonds is 4. The van der Waals surface area contributed by atoms with Gasteiger partial charge in [0.1, 0.15) is 0 Å². The van der Waals surface area contributed by atoms with Crippen molar-refractivity contribution in [2.24, 2.45) is 0 Å². The predicted molar refractivity (Wildman–Crippen MR) is 76.0 cm³/mol. The summed E-state index contributed by atoms with van der Waals surface area (Å²) in [4.78, 5) is 25.7. The van der Waals surface area contributed by atoms with Gasteiger partial charge in [0, 0.05) is 28.1 Å². The molecule has 0 radical (unpaired) electrons. The fraction of sp³-hybridized carbons (Fsp3) is 0.0909. The number of carboxylic acids is 1. The molecule has 1 N–H and O–H groups in total. The Bertz CT molecular complexity index is 702. The first-order valence-corrected chi connectivity index (χ1v) is 7.27. The fourth-order valence-corrected chi connectivity index (χ4v) is 3.63. The summed E-state index contributed by atoms with van der Waals surface area (Å²) >= 11 is 8.40. The van der Waals surface area contributed by atoms with Crippen LogP contribution in [0.5, 0.6) is 0 Å². The van der Waals surface area contributed by atoms with Gasteiger partial charge in [0.05, 0.1) is 15.5 Å². The molecule has 6 nitrogen and oxygen atoms in total. The molecule has 0 aliphatic carbocycles. The van der Waals surface area contributed by atoms with Crippen molar-refractivity contribution in [3.05, 3.63) is 43.9 Å². The van der Waals surface area contributed by atoms with Crippen molar-refractivity contribution < 1.29 is 14.8 Å². The molecule has 0 bridgehead atoms. The summed E-state index contributed by atoms with van der Waals surface area (Å²) < 4.78 is 0.626.